The maximum Gasteiger partial charge on any atom is 0.354 e. The Hall–Kier alpha value is -2.71. The van der Waals surface area contributed by atoms with Crippen LogP contribution in [0.5, 0.6) is 0 Å². The van der Waals surface area contributed by atoms with E-state index in [4.69, 9.17) is 17.2 Å². The number of hydrogen-bond acceptors (Lipinski definition) is 6. The molecule has 8 nitrogen and oxygen atoms in total. The van der Waals surface area contributed by atoms with Crippen molar-refractivity contribution in [2.24, 2.45) is 23.3 Å². The largest absolute Gasteiger partial charge is 0.383 e. The minimum absolute atomic E-state index is 0.0209. The predicted molar refractivity (Wildman–Crippen MR) is 97.5 cm³/mol. The van der Waals surface area contributed by atoms with Gasteiger partial charge in [0.15, 0.2) is 0 Å². The summed E-state index contributed by atoms with van der Waals surface area (Å²) in [5.41, 5.74) is 18.7. The van der Waals surface area contributed by atoms with Crippen LogP contribution in [0.4, 0.5) is 5.82 Å². The second-order valence-electron chi connectivity index (χ2n) is 7.13. The minimum atomic E-state index is -0.574. The topological polar surface area (TPSA) is 133 Å². The maximum atomic E-state index is 12.5. The summed E-state index contributed by atoms with van der Waals surface area (Å²) in [4.78, 5) is 29.9. The molecule has 0 radical (unpaired) electrons. The molecule has 1 amide bonds. The SMILES string of the molecule is Nc1ccn(-c2ccc(C[C@H](N)C(=O)N3CC4C(N)C4C3)cc2)c(=O)n1. The molecule has 4 rings (SSSR count). The molecule has 0 spiro atoms. The van der Waals surface area contributed by atoms with E-state index in [0.717, 1.165) is 18.7 Å². The average Bonchev–Trinajstić information content (AvgIpc) is 3.04. The molecule has 6 N–H and O–H groups in total. The number of hydrogen-bond donors (Lipinski definition) is 3. The van der Waals surface area contributed by atoms with Gasteiger partial charge < -0.3 is 22.1 Å². The minimum Gasteiger partial charge on any atom is -0.383 e. The lowest BCUT2D eigenvalue weighted by Gasteiger charge is -2.23. The lowest BCUT2D eigenvalue weighted by Crippen LogP contribution is -2.45. The van der Waals surface area contributed by atoms with Gasteiger partial charge in [-0.15, -0.1) is 0 Å². The molecule has 2 unspecified atom stereocenters. The zero-order valence-electron chi connectivity index (χ0n) is 14.3. The smallest absolute Gasteiger partial charge is 0.354 e. The van der Waals surface area contributed by atoms with Crippen molar-refractivity contribution in [1.29, 1.82) is 0 Å². The number of piperidine rings is 1. The summed E-state index contributed by atoms with van der Waals surface area (Å²) in [6.45, 7) is 1.45. The number of carbonyl (C=O) groups is 1. The second kappa shape index (κ2) is 6.22. The Kier molecular flexibility index (Phi) is 4.01. The summed E-state index contributed by atoms with van der Waals surface area (Å²) in [5.74, 6) is 1.08. The molecule has 26 heavy (non-hydrogen) atoms. The molecule has 136 valence electrons. The van der Waals surface area contributed by atoms with Crippen LogP contribution in [0.25, 0.3) is 5.69 Å². The molecule has 1 aliphatic carbocycles. The zero-order chi connectivity index (χ0) is 18.4. The highest BCUT2D eigenvalue weighted by molar-refractivity contribution is 5.82. The Morgan fingerprint density at radius 1 is 1.19 bits per heavy atom. The number of carbonyl (C=O) groups excluding carboxylic acids is 1. The summed E-state index contributed by atoms with van der Waals surface area (Å²) in [6, 6.07) is 8.58. The molecule has 1 aromatic carbocycles. The van der Waals surface area contributed by atoms with Crippen LogP contribution in [0.15, 0.2) is 41.3 Å². The van der Waals surface area contributed by atoms with Crippen molar-refractivity contribution in [3.05, 3.63) is 52.6 Å². The van der Waals surface area contributed by atoms with Crippen molar-refractivity contribution in [2.45, 2.75) is 18.5 Å². The molecular weight excluding hydrogens is 332 g/mol. The van der Waals surface area contributed by atoms with Gasteiger partial charge in [-0.1, -0.05) is 12.1 Å². The van der Waals surface area contributed by atoms with Crippen LogP contribution in [0.3, 0.4) is 0 Å². The van der Waals surface area contributed by atoms with Crippen LogP contribution >= 0.6 is 0 Å². The summed E-state index contributed by atoms with van der Waals surface area (Å²) >= 11 is 0. The summed E-state index contributed by atoms with van der Waals surface area (Å²) in [7, 11) is 0. The van der Waals surface area contributed by atoms with Crippen molar-refractivity contribution < 1.29 is 4.79 Å². The number of nitrogens with zero attached hydrogens (tertiary/aromatic N) is 3. The Labute approximate surface area is 150 Å². The van der Waals surface area contributed by atoms with Crippen LogP contribution in [0.2, 0.25) is 0 Å². The van der Waals surface area contributed by atoms with Gasteiger partial charge in [0, 0.05) is 25.3 Å². The Bertz CT molecular complexity index is 881. The van der Waals surface area contributed by atoms with E-state index < -0.39 is 11.7 Å². The molecule has 1 aliphatic heterocycles. The molecule has 3 atom stereocenters. The number of benzene rings is 1. The van der Waals surface area contributed by atoms with E-state index in [-0.39, 0.29) is 17.8 Å². The summed E-state index contributed by atoms with van der Waals surface area (Å²) in [6.07, 6.45) is 2.03. The van der Waals surface area contributed by atoms with E-state index in [1.54, 1.807) is 24.4 Å². The van der Waals surface area contributed by atoms with Crippen molar-refractivity contribution in [2.75, 3.05) is 18.8 Å². The Balaban J connectivity index is 1.41. The number of anilines is 1. The molecule has 1 saturated carbocycles. The second-order valence-corrected chi connectivity index (χ2v) is 7.13. The van der Waals surface area contributed by atoms with Crippen LogP contribution in [-0.2, 0) is 11.2 Å². The average molecular weight is 354 g/mol. The number of aromatic nitrogens is 2. The Morgan fingerprint density at radius 3 is 2.46 bits per heavy atom. The van der Waals surface area contributed by atoms with E-state index >= 15 is 0 Å². The molecule has 8 heteroatoms. The van der Waals surface area contributed by atoms with E-state index in [1.165, 1.54) is 4.57 Å². The number of nitrogen functional groups attached to an aromatic ring is 1. The highest BCUT2D eigenvalue weighted by Gasteiger charge is 2.54. The van der Waals surface area contributed by atoms with E-state index in [9.17, 15) is 9.59 Å². The third-order valence-corrected chi connectivity index (χ3v) is 5.38. The standard InChI is InChI=1S/C18H22N6O2/c19-14(17(25)23-8-12-13(9-23)16(12)21)7-10-1-3-11(4-2-10)24-6-5-15(20)22-18(24)26/h1-6,12-14,16H,7-9,19,21H2,(H2,20,22,26)/t12?,13?,14-,16?/m0/s1. The van der Waals surface area contributed by atoms with Gasteiger partial charge in [-0.25, -0.2) is 4.79 Å². The van der Waals surface area contributed by atoms with Crippen LogP contribution in [-0.4, -0.2) is 45.5 Å². The fourth-order valence-electron chi connectivity index (χ4n) is 3.73. The van der Waals surface area contributed by atoms with Crippen LogP contribution in [0.1, 0.15) is 5.56 Å². The molecule has 1 aromatic heterocycles. The predicted octanol–water partition coefficient (Wildman–Crippen LogP) is -0.900. The molecular formula is C18H22N6O2. The summed E-state index contributed by atoms with van der Waals surface area (Å²) < 4.78 is 1.41. The monoisotopic (exact) mass is 354 g/mol. The van der Waals surface area contributed by atoms with E-state index in [0.29, 0.717) is 23.9 Å². The fraction of sp³-hybridized carbons (Fsp3) is 0.389. The van der Waals surface area contributed by atoms with Gasteiger partial charge in [0.2, 0.25) is 5.91 Å². The van der Waals surface area contributed by atoms with E-state index in [2.05, 4.69) is 4.98 Å². The first-order chi connectivity index (χ1) is 12.4. The van der Waals surface area contributed by atoms with Crippen molar-refractivity contribution >= 4 is 11.7 Å². The Morgan fingerprint density at radius 2 is 1.85 bits per heavy atom. The van der Waals surface area contributed by atoms with Crippen LogP contribution in [0, 0.1) is 11.8 Å². The first-order valence-corrected chi connectivity index (χ1v) is 8.68. The van der Waals surface area contributed by atoms with Gasteiger partial charge in [-0.3, -0.25) is 9.36 Å². The highest BCUT2D eigenvalue weighted by atomic mass is 16.2. The highest BCUT2D eigenvalue weighted by Crippen LogP contribution is 2.43. The van der Waals surface area contributed by atoms with E-state index in [1.807, 2.05) is 17.0 Å². The number of nitrogens with two attached hydrogens (primary N) is 3. The van der Waals surface area contributed by atoms with Crippen molar-refractivity contribution in [3.63, 3.8) is 0 Å². The van der Waals surface area contributed by atoms with Gasteiger partial charge >= 0.3 is 5.69 Å². The van der Waals surface area contributed by atoms with Crippen LogP contribution < -0.4 is 22.9 Å². The van der Waals surface area contributed by atoms with Gasteiger partial charge in [-0.05, 0) is 42.0 Å². The zero-order valence-corrected chi connectivity index (χ0v) is 14.3. The maximum absolute atomic E-state index is 12.5. The molecule has 2 fully saturated rings. The lowest BCUT2D eigenvalue weighted by molar-refractivity contribution is -0.132. The molecule has 0 bridgehead atoms. The number of rotatable bonds is 4. The third-order valence-electron chi connectivity index (χ3n) is 5.38. The quantitative estimate of drug-likeness (QED) is 0.652. The first kappa shape index (κ1) is 16.7. The number of fused-ring (bicyclic) bond motifs is 1. The number of likely N-dealkylation sites (tertiary alicyclic amines) is 1. The molecule has 2 aliphatic rings. The van der Waals surface area contributed by atoms with Crippen molar-refractivity contribution in [3.8, 4) is 5.69 Å². The van der Waals surface area contributed by atoms with Gasteiger partial charge in [0.1, 0.15) is 5.82 Å². The first-order valence-electron chi connectivity index (χ1n) is 8.68. The molecule has 1 saturated heterocycles. The fourth-order valence-corrected chi connectivity index (χ4v) is 3.73. The molecule has 2 aromatic rings. The van der Waals surface area contributed by atoms with Crippen molar-refractivity contribution in [1.82, 2.24) is 14.5 Å². The third kappa shape index (κ3) is 2.97. The van der Waals surface area contributed by atoms with Gasteiger partial charge in [-0.2, -0.15) is 4.98 Å². The molecule has 2 heterocycles. The summed E-state index contributed by atoms with van der Waals surface area (Å²) in [5, 5.41) is 0. The number of amides is 1. The lowest BCUT2D eigenvalue weighted by atomic mass is 10.0. The van der Waals surface area contributed by atoms with Gasteiger partial charge in [0.05, 0.1) is 11.7 Å². The normalized spacial score (nSPS) is 25.0. The van der Waals surface area contributed by atoms with Gasteiger partial charge in [0.25, 0.3) is 0 Å².